The summed E-state index contributed by atoms with van der Waals surface area (Å²) in [5.41, 5.74) is 1.18. The van der Waals surface area contributed by atoms with Gasteiger partial charge in [0.05, 0.1) is 6.61 Å². The van der Waals surface area contributed by atoms with Crippen LogP contribution < -0.4 is 0 Å². The average molecular weight is 2120 g/mol. The second-order valence-electron chi connectivity index (χ2n) is 48.9. The molecule has 16 nitrogen and oxygen atoms in total. The van der Waals surface area contributed by atoms with Gasteiger partial charge in [-0.15, -0.1) is 0 Å². The van der Waals surface area contributed by atoms with Gasteiger partial charge >= 0.3 is 29.8 Å². The molecule has 3 N–H and O–H groups in total. The highest BCUT2D eigenvalue weighted by atomic mass is 16.8. The van der Waals surface area contributed by atoms with E-state index in [0.29, 0.717) is 41.2 Å². The number of carbonyl (C=O) groups is 5. The molecule has 18 atom stereocenters. The molecule has 16 heteroatoms. The number of hydrogen-bond donors (Lipinski definition) is 3. The molecule has 0 saturated carbocycles. The Hall–Kier alpha value is -3.93. The summed E-state index contributed by atoms with van der Waals surface area (Å²) in [6, 6.07) is 0. The van der Waals surface area contributed by atoms with E-state index in [4.69, 9.17) is 37.9 Å². The fraction of sp³-hybridized carbons (Fsp3) is 0.903. The Bertz CT molecular complexity index is 3270. The molecule has 0 bridgehead atoms. The molecule has 0 aliphatic carbocycles. The van der Waals surface area contributed by atoms with Crippen LogP contribution in [0.2, 0.25) is 0 Å². The van der Waals surface area contributed by atoms with Crippen LogP contribution in [0, 0.1) is 47.3 Å². The maximum atomic E-state index is 15.1. The average Bonchev–Trinajstić information content (AvgIpc) is 0.767. The Balaban J connectivity index is 2.70. The molecule has 2 rings (SSSR count). The standard InChI is InChI=1S/C134H248O16/c1-18-23-28-33-38-43-48-53-58-61-65-70-75-78-83-88-93-108(6)98-112(10)102-116(14)129(139)143-107-121-123(137)126(148-131(141)118(16)104-114(12)100-110(8)95-90-85-81-76-71-66-62-59-54-49-44-39-34-29-24-19-2)128(146-122(136)97-92-87-82-77-72-67-60-55-50-45-40-35-30-25-20-3)134(145-121)150-133-127(149-132(142)119(17)105-115(13)101-111(9)96-91-86-80-74-69-64-57-52-47-42-37-32-27-22-5)124(138)125(120(106-135)144-133)147-130(140)117(15)103-113(11)99-109(7)94-89-84-79-73-68-63-56-51-46-41-36-31-26-21-4/h102-105,108-115,120-121,123-128,133-135,137-138H,18-101,106-107H2,1-17H3/b116-102+,117-103+,118-104+,119-105+/t108-,109-,110-,111-,112-,113-,114-,115-,120?,121?,123+,124?,125+,126?,127-,128+,133+,134+/m0/s1. The van der Waals surface area contributed by atoms with Crippen LogP contribution in [0.15, 0.2) is 46.6 Å². The van der Waals surface area contributed by atoms with Crippen molar-refractivity contribution < 1.29 is 77.2 Å². The van der Waals surface area contributed by atoms with Crippen molar-refractivity contribution in [2.45, 2.75) is 718 Å². The van der Waals surface area contributed by atoms with E-state index in [0.717, 1.165) is 103 Å². The molecule has 880 valence electrons. The monoisotopic (exact) mass is 2110 g/mol. The Morgan fingerprint density at radius 3 is 0.700 bits per heavy atom. The highest BCUT2D eigenvalue weighted by molar-refractivity contribution is 5.89. The number of carbonyl (C=O) groups excluding carboxylic acids is 5. The quantitative estimate of drug-likeness (QED) is 0.0223. The summed E-state index contributed by atoms with van der Waals surface area (Å²) in [7, 11) is 0. The van der Waals surface area contributed by atoms with Crippen LogP contribution in [-0.2, 0) is 61.9 Å². The van der Waals surface area contributed by atoms with E-state index in [1.807, 2.05) is 24.3 Å². The number of unbranched alkanes of at least 4 members (excludes halogenated alkanes) is 70. The molecule has 2 heterocycles. The van der Waals surface area contributed by atoms with E-state index >= 15 is 9.59 Å². The van der Waals surface area contributed by atoms with Crippen LogP contribution in [0.1, 0.15) is 657 Å². The number of allylic oxidation sites excluding steroid dienone is 4. The van der Waals surface area contributed by atoms with Gasteiger partial charge in [0, 0.05) is 28.7 Å². The van der Waals surface area contributed by atoms with Crippen molar-refractivity contribution in [2.24, 2.45) is 47.3 Å². The minimum atomic E-state index is -1.92. The first-order valence-corrected chi connectivity index (χ1v) is 65.4. The summed E-state index contributed by atoms with van der Waals surface area (Å²) < 4.78 is 52.3. The second kappa shape index (κ2) is 98.2. The van der Waals surface area contributed by atoms with E-state index in [-0.39, 0.29) is 41.2 Å². The van der Waals surface area contributed by atoms with Crippen molar-refractivity contribution in [3.05, 3.63) is 46.6 Å². The van der Waals surface area contributed by atoms with Crippen LogP contribution in [0.5, 0.6) is 0 Å². The fourth-order valence-corrected chi connectivity index (χ4v) is 23.4. The smallest absolute Gasteiger partial charge is 0.333 e. The van der Waals surface area contributed by atoms with Gasteiger partial charge in [-0.1, -0.05) is 615 Å². The lowest BCUT2D eigenvalue weighted by atomic mass is 9.91. The molecule has 2 aliphatic heterocycles. The highest BCUT2D eigenvalue weighted by Crippen LogP contribution is 2.38. The van der Waals surface area contributed by atoms with E-state index in [9.17, 15) is 29.7 Å². The molecule has 150 heavy (non-hydrogen) atoms. The van der Waals surface area contributed by atoms with Crippen molar-refractivity contribution in [1.29, 1.82) is 0 Å². The van der Waals surface area contributed by atoms with Gasteiger partial charge < -0.3 is 53.2 Å². The molecule has 4 unspecified atom stereocenters. The molecule has 0 amide bonds. The van der Waals surface area contributed by atoms with Crippen LogP contribution in [0.25, 0.3) is 0 Å². The first-order valence-electron chi connectivity index (χ1n) is 65.4. The topological polar surface area (TPSA) is 220 Å². The second-order valence-corrected chi connectivity index (χ2v) is 48.9. The van der Waals surface area contributed by atoms with Gasteiger partial charge in [-0.3, -0.25) is 4.79 Å². The first kappa shape index (κ1) is 142. The normalized spacial score (nSPS) is 20.1. The van der Waals surface area contributed by atoms with Gasteiger partial charge in [-0.25, -0.2) is 19.2 Å². The highest BCUT2D eigenvalue weighted by Gasteiger charge is 2.56. The van der Waals surface area contributed by atoms with Crippen LogP contribution in [-0.4, -0.2) is 120 Å². The number of ether oxygens (including phenoxy) is 8. The maximum Gasteiger partial charge on any atom is 0.333 e. The maximum absolute atomic E-state index is 15.1. The van der Waals surface area contributed by atoms with Crippen molar-refractivity contribution in [1.82, 2.24) is 0 Å². The van der Waals surface area contributed by atoms with E-state index in [1.165, 1.54) is 424 Å². The zero-order valence-corrected chi connectivity index (χ0v) is 102. The number of aliphatic hydroxyl groups is 3. The lowest BCUT2D eigenvalue weighted by molar-refractivity contribution is -0.377. The summed E-state index contributed by atoms with van der Waals surface area (Å²) in [6.45, 7) is 34.2. The Labute approximate surface area is 927 Å². The molecule has 0 radical (unpaired) electrons. The zero-order valence-electron chi connectivity index (χ0n) is 102. The molecule has 0 spiro atoms. The molecule has 0 aromatic carbocycles. The third-order valence-corrected chi connectivity index (χ3v) is 32.8. The third-order valence-electron chi connectivity index (χ3n) is 32.8. The van der Waals surface area contributed by atoms with Crippen molar-refractivity contribution in [3.8, 4) is 0 Å². The molecular weight excluding hydrogens is 1870 g/mol. The lowest BCUT2D eigenvalue weighted by Gasteiger charge is -2.47. The number of esters is 5. The molecule has 2 aliphatic rings. The predicted octanol–water partition coefficient (Wildman–Crippen LogP) is 39.1. The lowest BCUT2D eigenvalue weighted by Crippen LogP contribution is -2.66. The van der Waals surface area contributed by atoms with Gasteiger partial charge in [-0.05, 0) is 107 Å². The molecule has 2 saturated heterocycles. The van der Waals surface area contributed by atoms with E-state index in [1.54, 1.807) is 27.7 Å². The third kappa shape index (κ3) is 76.7. The van der Waals surface area contributed by atoms with Gasteiger partial charge in [-0.2, -0.15) is 0 Å². The van der Waals surface area contributed by atoms with Crippen molar-refractivity contribution >= 4 is 29.8 Å². The molecule has 0 aromatic heterocycles. The van der Waals surface area contributed by atoms with Crippen LogP contribution in [0.3, 0.4) is 0 Å². The van der Waals surface area contributed by atoms with Crippen molar-refractivity contribution in [3.63, 3.8) is 0 Å². The van der Waals surface area contributed by atoms with Crippen molar-refractivity contribution in [2.75, 3.05) is 13.2 Å². The summed E-state index contributed by atoms with van der Waals surface area (Å²) >= 11 is 0. The summed E-state index contributed by atoms with van der Waals surface area (Å²) in [5.74, 6) is -2.16. The Morgan fingerprint density at radius 2 is 0.453 bits per heavy atom. The van der Waals surface area contributed by atoms with E-state index < -0.39 is 104 Å². The first-order chi connectivity index (χ1) is 72.7. The van der Waals surface area contributed by atoms with Gasteiger partial charge in [0.2, 0.25) is 12.6 Å². The summed E-state index contributed by atoms with van der Waals surface area (Å²) in [5, 5.41) is 37.6. The van der Waals surface area contributed by atoms with Crippen LogP contribution >= 0.6 is 0 Å². The largest absolute Gasteiger partial charge is 0.459 e. The molecule has 2 fully saturated rings. The molecule has 0 aromatic rings. The van der Waals surface area contributed by atoms with Gasteiger partial charge in [0.25, 0.3) is 0 Å². The minimum absolute atomic E-state index is 0.00151. The number of aliphatic hydroxyl groups excluding tert-OH is 3. The van der Waals surface area contributed by atoms with Gasteiger partial charge in [0.15, 0.2) is 24.4 Å². The van der Waals surface area contributed by atoms with Gasteiger partial charge in [0.1, 0.15) is 31.0 Å². The Kier molecular flexibility index (Phi) is 93.1. The number of hydrogen-bond acceptors (Lipinski definition) is 16. The summed E-state index contributed by atoms with van der Waals surface area (Å²) in [4.78, 5) is 74.2. The Morgan fingerprint density at radius 1 is 0.247 bits per heavy atom. The SMILES string of the molecule is CCCCCCCCCCCCCCCCCC[C@H](C)C[C@H](C)/C=C(\C)C(=O)OCC1O[C@H](O[C@H]2OC(CO)[C@@H](OC(=O)/C(C)=C/[C@@H](C)C[C@@H](C)CCCCCCCCCCCCCCCC)C(O)[C@@H]2OC(=O)/C(C)=C/[C@@H](C)C[C@@H](C)CCCCCCCCCCCCCCCC)[C@H](OC(=O)CCCCCCCCCCCCCCCCC)C(OC(=O)/C(C)=C/[C@@H](C)C[C@@H](C)CCCCCCCCCCCCCCCCCC)[C@@H]1O. The number of rotatable bonds is 105. The van der Waals surface area contributed by atoms with E-state index in [2.05, 4.69) is 90.0 Å². The fourth-order valence-electron chi connectivity index (χ4n) is 23.4. The predicted molar refractivity (Wildman–Crippen MR) is 633 cm³/mol. The van der Waals surface area contributed by atoms with Crippen LogP contribution in [0.4, 0.5) is 0 Å². The summed E-state index contributed by atoms with van der Waals surface area (Å²) in [6.07, 6.45) is 93.7. The zero-order chi connectivity index (χ0) is 110. The molecular formula is C134H248O16. The minimum Gasteiger partial charge on any atom is -0.459 e.